The molecule has 1 fully saturated rings. The number of ketones is 1. The molecule has 1 saturated heterocycles. The average Bonchev–Trinajstić information content (AvgIpc) is 3.58. The zero-order chi connectivity index (χ0) is 39.9. The Kier molecular flexibility index (Phi) is 17.2. The van der Waals surface area contributed by atoms with E-state index in [1.54, 1.807) is 24.3 Å². The van der Waals surface area contributed by atoms with Crippen molar-refractivity contribution < 1.29 is 38.3 Å². The summed E-state index contributed by atoms with van der Waals surface area (Å²) in [7, 11) is 0. The number of nitrogens with two attached hydrogens (primary N) is 1. The molecular formula is C38H61N7O8. The Morgan fingerprint density at radius 2 is 1.60 bits per heavy atom. The van der Waals surface area contributed by atoms with Gasteiger partial charge < -0.3 is 42.0 Å². The number of primary amides is 1. The number of ether oxygens (including phenoxy) is 1. The lowest BCUT2D eigenvalue weighted by atomic mass is 9.85. The number of nitrogens with zero attached hydrogens (tertiary/aromatic N) is 1. The first kappa shape index (κ1) is 44.5. The third-order valence-corrected chi connectivity index (χ3v) is 9.44. The van der Waals surface area contributed by atoms with Crippen molar-refractivity contribution in [3.63, 3.8) is 0 Å². The fourth-order valence-corrected chi connectivity index (χ4v) is 5.66. The van der Waals surface area contributed by atoms with E-state index >= 15 is 0 Å². The van der Waals surface area contributed by atoms with Gasteiger partial charge in [0.2, 0.25) is 23.6 Å². The number of carbonyl (C=O) groups is 7. The second-order valence-electron chi connectivity index (χ2n) is 15.8. The molecule has 7 N–H and O–H groups in total. The smallest absolute Gasteiger partial charge is 0.407 e. The highest BCUT2D eigenvalue weighted by Gasteiger charge is 2.39. The van der Waals surface area contributed by atoms with E-state index in [0.717, 1.165) is 12.8 Å². The van der Waals surface area contributed by atoms with Crippen LogP contribution in [0.15, 0.2) is 24.3 Å². The van der Waals surface area contributed by atoms with Crippen molar-refractivity contribution >= 4 is 47.2 Å². The summed E-state index contributed by atoms with van der Waals surface area (Å²) in [6.45, 7) is 15.6. The topological polar surface area (TPSA) is 218 Å². The predicted molar refractivity (Wildman–Crippen MR) is 201 cm³/mol. The summed E-state index contributed by atoms with van der Waals surface area (Å²) in [6, 6.07) is 3.46. The van der Waals surface area contributed by atoms with Gasteiger partial charge in [0.1, 0.15) is 25.2 Å². The summed E-state index contributed by atoms with van der Waals surface area (Å²) in [5.41, 5.74) is 5.60. The first-order valence-corrected chi connectivity index (χ1v) is 18.5. The molecule has 1 aliphatic rings. The minimum atomic E-state index is -0.994. The summed E-state index contributed by atoms with van der Waals surface area (Å²) in [5.74, 6) is -1.86. The standard InChI is InChI=1S/C38H61N7O8/c1-9-38(7,8)19-18-29(46)44-31(24(2)3)34(50)43-27(12-10-20-40-35(39)51)33(49)42-26-16-14-25(15-17-26)23-53-36(52)41-22-30(47)45-21-11-13-28(45)32(48)37(4,5)6/h14-17,24,27-28,31H,9-13,18-23H2,1-8H3,(H,41,52)(H,42,49)(H,43,50)(H,44,46)(H3,39,40,51)/t27-,28+,31-/m0/s1. The number of alkyl carbamates (subject to hydrolysis) is 1. The van der Waals surface area contributed by atoms with Crippen LogP contribution in [-0.2, 0) is 35.3 Å². The van der Waals surface area contributed by atoms with Crippen LogP contribution in [0, 0.1) is 16.7 Å². The fraction of sp³-hybridized carbons (Fsp3) is 0.658. The van der Waals surface area contributed by atoms with E-state index in [1.165, 1.54) is 4.90 Å². The SMILES string of the molecule is CCC(C)(C)CCC(=O)N[C@H](C(=O)N[C@@H](CCCNC(N)=O)C(=O)Nc1ccc(COC(=O)NCC(=O)N2CCC[C@@H]2C(=O)C(C)(C)C)cc1)C(C)C. The van der Waals surface area contributed by atoms with Gasteiger partial charge in [-0.3, -0.25) is 24.0 Å². The average molecular weight is 744 g/mol. The maximum atomic E-state index is 13.4. The Hall–Kier alpha value is -4.69. The molecule has 1 aromatic rings. The number of anilines is 1. The van der Waals surface area contributed by atoms with E-state index in [4.69, 9.17) is 10.5 Å². The van der Waals surface area contributed by atoms with Gasteiger partial charge in [0, 0.05) is 30.6 Å². The molecule has 0 radical (unpaired) electrons. The molecule has 15 heteroatoms. The van der Waals surface area contributed by atoms with Crippen LogP contribution in [0.1, 0.15) is 106 Å². The van der Waals surface area contributed by atoms with Crippen LogP contribution in [0.3, 0.4) is 0 Å². The zero-order valence-electron chi connectivity index (χ0n) is 32.7. The molecule has 1 heterocycles. The van der Waals surface area contributed by atoms with Crippen LogP contribution in [0.5, 0.6) is 0 Å². The van der Waals surface area contributed by atoms with Crippen LogP contribution in [-0.4, -0.2) is 84.2 Å². The Balaban J connectivity index is 1.97. The van der Waals surface area contributed by atoms with E-state index in [-0.39, 0.29) is 61.5 Å². The van der Waals surface area contributed by atoms with Gasteiger partial charge in [-0.25, -0.2) is 9.59 Å². The number of carbonyl (C=O) groups excluding carboxylic acids is 7. The third kappa shape index (κ3) is 15.4. The Bertz CT molecular complexity index is 1440. The molecule has 2 rings (SSSR count). The van der Waals surface area contributed by atoms with Crippen molar-refractivity contribution in [1.82, 2.24) is 26.2 Å². The predicted octanol–water partition coefficient (Wildman–Crippen LogP) is 3.75. The summed E-state index contributed by atoms with van der Waals surface area (Å²) >= 11 is 0. The molecule has 7 amide bonds. The maximum absolute atomic E-state index is 13.4. The monoisotopic (exact) mass is 743 g/mol. The number of nitrogens with one attached hydrogen (secondary N) is 5. The minimum absolute atomic E-state index is 0.00842. The van der Waals surface area contributed by atoms with Gasteiger partial charge in [-0.2, -0.15) is 0 Å². The number of benzene rings is 1. The molecule has 1 aromatic carbocycles. The van der Waals surface area contributed by atoms with Gasteiger partial charge in [-0.1, -0.05) is 73.9 Å². The highest BCUT2D eigenvalue weighted by molar-refractivity contribution is 5.98. The van der Waals surface area contributed by atoms with Crippen molar-refractivity contribution in [2.24, 2.45) is 22.5 Å². The first-order valence-electron chi connectivity index (χ1n) is 18.5. The second-order valence-corrected chi connectivity index (χ2v) is 15.8. The molecule has 0 unspecified atom stereocenters. The summed E-state index contributed by atoms with van der Waals surface area (Å²) in [6.07, 6.45) is 2.89. The molecule has 15 nitrogen and oxygen atoms in total. The largest absolute Gasteiger partial charge is 0.445 e. The van der Waals surface area contributed by atoms with Crippen molar-refractivity contribution in [2.45, 2.75) is 125 Å². The maximum Gasteiger partial charge on any atom is 0.407 e. The molecule has 0 aromatic heterocycles. The van der Waals surface area contributed by atoms with Crippen LogP contribution in [0.25, 0.3) is 0 Å². The van der Waals surface area contributed by atoms with E-state index in [9.17, 15) is 33.6 Å². The highest BCUT2D eigenvalue weighted by Crippen LogP contribution is 2.27. The number of Topliss-reactive ketones (excluding diaryl/α,β-unsaturated/α-hetero) is 1. The van der Waals surface area contributed by atoms with Gasteiger partial charge in [0.15, 0.2) is 5.78 Å². The van der Waals surface area contributed by atoms with Crippen molar-refractivity contribution in [3.05, 3.63) is 29.8 Å². The molecule has 0 saturated carbocycles. The Morgan fingerprint density at radius 3 is 2.19 bits per heavy atom. The quantitative estimate of drug-likeness (QED) is 0.114. The Labute approximate surface area is 313 Å². The molecule has 53 heavy (non-hydrogen) atoms. The summed E-state index contributed by atoms with van der Waals surface area (Å²) < 4.78 is 5.26. The van der Waals surface area contributed by atoms with E-state index in [2.05, 4.69) is 47.4 Å². The van der Waals surface area contributed by atoms with E-state index in [0.29, 0.717) is 37.1 Å². The molecule has 0 bridgehead atoms. The summed E-state index contributed by atoms with van der Waals surface area (Å²) in [4.78, 5) is 90.1. The van der Waals surface area contributed by atoms with Gasteiger partial charge in [-0.15, -0.1) is 0 Å². The number of urea groups is 1. The van der Waals surface area contributed by atoms with Crippen LogP contribution >= 0.6 is 0 Å². The molecular weight excluding hydrogens is 682 g/mol. The molecule has 296 valence electrons. The summed E-state index contributed by atoms with van der Waals surface area (Å²) in [5, 5.41) is 13.3. The number of amides is 7. The van der Waals surface area contributed by atoms with Crippen LogP contribution in [0.2, 0.25) is 0 Å². The van der Waals surface area contributed by atoms with Gasteiger partial charge in [0.25, 0.3) is 0 Å². The molecule has 3 atom stereocenters. The number of likely N-dealkylation sites (tertiary alicyclic amines) is 1. The molecule has 0 aliphatic carbocycles. The number of hydrogen-bond acceptors (Lipinski definition) is 8. The van der Waals surface area contributed by atoms with Crippen molar-refractivity contribution in [3.8, 4) is 0 Å². The van der Waals surface area contributed by atoms with Crippen LogP contribution < -0.4 is 32.3 Å². The highest BCUT2D eigenvalue weighted by atomic mass is 16.5. The molecule has 1 aliphatic heterocycles. The molecule has 0 spiro atoms. The number of rotatable bonds is 19. The van der Waals surface area contributed by atoms with Gasteiger partial charge in [-0.05, 0) is 61.1 Å². The van der Waals surface area contributed by atoms with Crippen molar-refractivity contribution in [1.29, 1.82) is 0 Å². The van der Waals surface area contributed by atoms with Gasteiger partial charge >= 0.3 is 12.1 Å². The van der Waals surface area contributed by atoms with Crippen LogP contribution in [0.4, 0.5) is 15.3 Å². The zero-order valence-corrected chi connectivity index (χ0v) is 32.7. The van der Waals surface area contributed by atoms with E-state index < -0.39 is 47.5 Å². The van der Waals surface area contributed by atoms with Gasteiger partial charge in [0.05, 0.1) is 6.04 Å². The first-order chi connectivity index (χ1) is 24.7. The fourth-order valence-electron chi connectivity index (χ4n) is 5.66. The number of hydrogen-bond donors (Lipinski definition) is 6. The lowest BCUT2D eigenvalue weighted by molar-refractivity contribution is -0.140. The minimum Gasteiger partial charge on any atom is -0.445 e. The second kappa shape index (κ2) is 20.5. The Morgan fingerprint density at radius 1 is 0.943 bits per heavy atom. The van der Waals surface area contributed by atoms with E-state index in [1.807, 2.05) is 34.6 Å². The third-order valence-electron chi connectivity index (χ3n) is 9.44. The normalized spacial score (nSPS) is 15.6. The van der Waals surface area contributed by atoms with Crippen molar-refractivity contribution in [2.75, 3.05) is 25.0 Å². The lowest BCUT2D eigenvalue weighted by Gasteiger charge is -2.29. The lowest BCUT2D eigenvalue weighted by Crippen LogP contribution is -2.54.